The molecular weight excluding hydrogens is 291 g/mol. The van der Waals surface area contributed by atoms with Crippen LogP contribution in [-0.4, -0.2) is 29.7 Å². The third-order valence-corrected chi connectivity index (χ3v) is 2.97. The van der Waals surface area contributed by atoms with Crippen molar-refractivity contribution >= 4 is 21.8 Å². The van der Waals surface area contributed by atoms with E-state index in [0.717, 1.165) is 0 Å². The van der Waals surface area contributed by atoms with Gasteiger partial charge in [-0.2, -0.15) is 0 Å². The molecule has 2 atom stereocenters. The smallest absolute Gasteiger partial charge is 0.255 e. The molecule has 0 heterocycles. The van der Waals surface area contributed by atoms with E-state index in [4.69, 9.17) is 10.8 Å². The van der Waals surface area contributed by atoms with E-state index >= 15 is 0 Å². The minimum atomic E-state index is -0.737. The molecule has 6 heteroatoms. The van der Waals surface area contributed by atoms with Gasteiger partial charge in [0, 0.05) is 17.1 Å². The van der Waals surface area contributed by atoms with Gasteiger partial charge >= 0.3 is 0 Å². The molecule has 0 fully saturated rings. The summed E-state index contributed by atoms with van der Waals surface area (Å²) in [6, 6.07) is 3.70. The van der Waals surface area contributed by atoms with Crippen molar-refractivity contribution < 1.29 is 14.3 Å². The van der Waals surface area contributed by atoms with Crippen LogP contribution in [0.3, 0.4) is 0 Å². The molecule has 0 aliphatic rings. The zero-order valence-corrected chi connectivity index (χ0v) is 10.9. The van der Waals surface area contributed by atoms with Gasteiger partial charge in [-0.05, 0) is 35.0 Å². The summed E-state index contributed by atoms with van der Waals surface area (Å²) in [5, 5.41) is 11.6. The molecule has 0 saturated carbocycles. The van der Waals surface area contributed by atoms with Crippen LogP contribution in [0.5, 0.6) is 0 Å². The number of nitrogens with two attached hydrogens (primary N) is 1. The summed E-state index contributed by atoms with van der Waals surface area (Å²) in [6.07, 6.45) is -0.737. The number of nitrogens with one attached hydrogen (secondary N) is 1. The number of amides is 1. The predicted octanol–water partition coefficient (Wildman–Crippen LogP) is 1.03. The maximum Gasteiger partial charge on any atom is 0.255 e. The van der Waals surface area contributed by atoms with Crippen LogP contribution in [0.15, 0.2) is 22.7 Å². The number of hydrogen-bond acceptors (Lipinski definition) is 3. The van der Waals surface area contributed by atoms with Crippen molar-refractivity contribution in [1.82, 2.24) is 5.32 Å². The third-order valence-electron chi connectivity index (χ3n) is 2.31. The summed E-state index contributed by atoms with van der Waals surface area (Å²) in [5.41, 5.74) is 5.48. The van der Waals surface area contributed by atoms with Gasteiger partial charge in [0.2, 0.25) is 0 Å². The Morgan fingerprint density at radius 2 is 2.29 bits per heavy atom. The molecule has 1 aromatic carbocycles. The van der Waals surface area contributed by atoms with E-state index in [9.17, 15) is 9.18 Å². The second-order valence-corrected chi connectivity index (χ2v) is 4.57. The molecule has 4 nitrogen and oxygen atoms in total. The molecule has 0 saturated heterocycles. The predicted molar refractivity (Wildman–Crippen MR) is 66.1 cm³/mol. The zero-order valence-electron chi connectivity index (χ0n) is 9.28. The Kier molecular flexibility index (Phi) is 5.04. The molecule has 0 radical (unpaired) electrons. The average Bonchev–Trinajstić information content (AvgIpc) is 2.25. The number of aliphatic hydroxyl groups excluding tert-OH is 1. The van der Waals surface area contributed by atoms with Gasteiger partial charge in [-0.15, -0.1) is 0 Å². The number of carbonyl (C=O) groups is 1. The first-order valence-electron chi connectivity index (χ1n) is 5.09. The maximum absolute atomic E-state index is 13.4. The van der Waals surface area contributed by atoms with Gasteiger partial charge in [0.05, 0.1) is 11.7 Å². The number of benzene rings is 1. The van der Waals surface area contributed by atoms with E-state index < -0.39 is 23.9 Å². The first-order chi connectivity index (χ1) is 7.93. The van der Waals surface area contributed by atoms with Crippen molar-refractivity contribution in [1.29, 1.82) is 0 Å². The molecule has 1 aromatic rings. The van der Waals surface area contributed by atoms with E-state index in [2.05, 4.69) is 21.2 Å². The van der Waals surface area contributed by atoms with Crippen LogP contribution in [0.1, 0.15) is 17.3 Å². The Balaban J connectivity index is 2.71. The molecule has 17 heavy (non-hydrogen) atoms. The molecule has 4 N–H and O–H groups in total. The first-order valence-corrected chi connectivity index (χ1v) is 5.88. The van der Waals surface area contributed by atoms with E-state index in [0.29, 0.717) is 4.47 Å². The number of rotatable bonds is 4. The third kappa shape index (κ3) is 3.76. The summed E-state index contributed by atoms with van der Waals surface area (Å²) in [4.78, 5) is 11.7. The lowest BCUT2D eigenvalue weighted by Gasteiger charge is -2.15. The molecule has 0 aliphatic carbocycles. The molecule has 0 aliphatic heterocycles. The van der Waals surface area contributed by atoms with Crippen LogP contribution in [0.4, 0.5) is 4.39 Å². The molecular formula is C11H14BrFN2O2. The molecule has 2 unspecified atom stereocenters. The van der Waals surface area contributed by atoms with Crippen LogP contribution in [0.25, 0.3) is 0 Å². The molecule has 0 spiro atoms. The van der Waals surface area contributed by atoms with Crippen LogP contribution < -0.4 is 11.1 Å². The second kappa shape index (κ2) is 6.09. The van der Waals surface area contributed by atoms with Gasteiger partial charge in [0.15, 0.2) is 0 Å². The van der Waals surface area contributed by atoms with Crippen molar-refractivity contribution in [3.8, 4) is 0 Å². The fourth-order valence-electron chi connectivity index (χ4n) is 1.18. The summed E-state index contributed by atoms with van der Waals surface area (Å²) >= 11 is 3.10. The van der Waals surface area contributed by atoms with E-state index in [1.165, 1.54) is 19.1 Å². The molecule has 94 valence electrons. The van der Waals surface area contributed by atoms with Crippen LogP contribution in [0.2, 0.25) is 0 Å². The van der Waals surface area contributed by atoms with Gasteiger partial charge in [0.25, 0.3) is 5.91 Å². The average molecular weight is 305 g/mol. The summed E-state index contributed by atoms with van der Waals surface area (Å²) < 4.78 is 13.8. The fourth-order valence-corrected chi connectivity index (χ4v) is 1.71. The lowest BCUT2D eigenvalue weighted by molar-refractivity contribution is 0.0933. The minimum absolute atomic E-state index is 0.0645. The van der Waals surface area contributed by atoms with Crippen LogP contribution in [-0.2, 0) is 0 Å². The van der Waals surface area contributed by atoms with E-state index in [1.807, 2.05) is 0 Å². The van der Waals surface area contributed by atoms with E-state index in [-0.39, 0.29) is 12.1 Å². The van der Waals surface area contributed by atoms with Crippen molar-refractivity contribution in [2.75, 3.05) is 6.54 Å². The standard InChI is InChI=1S/C11H14BrFN2O2/c1-6(16)9(14)5-15-11(17)10-7(12)3-2-4-8(10)13/h2-4,6,9,16H,5,14H2,1H3,(H,15,17). The topological polar surface area (TPSA) is 75.3 Å². The number of hydrogen-bond donors (Lipinski definition) is 3. The van der Waals surface area contributed by atoms with Crippen molar-refractivity contribution in [3.63, 3.8) is 0 Å². The molecule has 1 rings (SSSR count). The van der Waals surface area contributed by atoms with Crippen molar-refractivity contribution in [2.24, 2.45) is 5.73 Å². The first kappa shape index (κ1) is 14.1. The summed E-state index contributed by atoms with van der Waals surface area (Å²) in [7, 11) is 0. The number of aliphatic hydroxyl groups is 1. The highest BCUT2D eigenvalue weighted by Gasteiger charge is 2.17. The molecule has 0 bridgehead atoms. The fraction of sp³-hybridized carbons (Fsp3) is 0.364. The van der Waals surface area contributed by atoms with Crippen LogP contribution in [0, 0.1) is 5.82 Å². The van der Waals surface area contributed by atoms with E-state index in [1.54, 1.807) is 6.07 Å². The van der Waals surface area contributed by atoms with Gasteiger partial charge < -0.3 is 16.2 Å². The second-order valence-electron chi connectivity index (χ2n) is 3.71. The van der Waals surface area contributed by atoms with Gasteiger partial charge in [-0.1, -0.05) is 6.07 Å². The molecule has 0 aromatic heterocycles. The Labute approximate surface area is 107 Å². The minimum Gasteiger partial charge on any atom is -0.392 e. The molecule has 1 amide bonds. The maximum atomic E-state index is 13.4. The Hall–Kier alpha value is -0.980. The number of carbonyl (C=O) groups excluding carboxylic acids is 1. The number of halogens is 2. The SMILES string of the molecule is CC(O)C(N)CNC(=O)c1c(F)cccc1Br. The Bertz CT molecular complexity index is 392. The lowest BCUT2D eigenvalue weighted by atomic mass is 10.1. The lowest BCUT2D eigenvalue weighted by Crippen LogP contribution is -2.43. The summed E-state index contributed by atoms with van der Waals surface area (Å²) in [6.45, 7) is 1.60. The van der Waals surface area contributed by atoms with Crippen molar-refractivity contribution in [3.05, 3.63) is 34.1 Å². The van der Waals surface area contributed by atoms with Gasteiger partial charge in [-0.3, -0.25) is 4.79 Å². The monoisotopic (exact) mass is 304 g/mol. The van der Waals surface area contributed by atoms with Crippen molar-refractivity contribution in [2.45, 2.75) is 19.1 Å². The van der Waals surface area contributed by atoms with Gasteiger partial charge in [0.1, 0.15) is 5.82 Å². The zero-order chi connectivity index (χ0) is 13.0. The highest BCUT2D eigenvalue weighted by molar-refractivity contribution is 9.10. The normalized spacial score (nSPS) is 14.2. The van der Waals surface area contributed by atoms with Gasteiger partial charge in [-0.25, -0.2) is 4.39 Å². The quantitative estimate of drug-likeness (QED) is 0.777. The highest BCUT2D eigenvalue weighted by Crippen LogP contribution is 2.19. The Morgan fingerprint density at radius 1 is 1.65 bits per heavy atom. The summed E-state index contributed by atoms with van der Waals surface area (Å²) in [5.74, 6) is -1.17. The Morgan fingerprint density at radius 3 is 2.82 bits per heavy atom. The highest BCUT2D eigenvalue weighted by atomic mass is 79.9. The van der Waals surface area contributed by atoms with Crippen LogP contribution >= 0.6 is 15.9 Å². The largest absolute Gasteiger partial charge is 0.392 e.